The number of nitrogens with one attached hydrogen (secondary N) is 1. The number of likely N-dealkylation sites (tertiary alicyclic amines) is 2. The molecule has 1 aromatic heterocycles. The van der Waals surface area contributed by atoms with Crippen molar-refractivity contribution >= 4 is 41.2 Å². The number of hydrogen-bond donors (Lipinski definition) is 1. The zero-order valence-corrected chi connectivity index (χ0v) is 26.1. The van der Waals surface area contributed by atoms with Gasteiger partial charge in [0, 0.05) is 62.7 Å². The number of ether oxygens (including phenoxy) is 3. The molecule has 228 valence electrons. The van der Waals surface area contributed by atoms with E-state index in [-0.39, 0.29) is 24.7 Å². The molecule has 0 aliphatic carbocycles. The van der Waals surface area contributed by atoms with Gasteiger partial charge >= 0.3 is 12.1 Å². The molecule has 5 rings (SSSR count). The van der Waals surface area contributed by atoms with Crippen LogP contribution in [0.4, 0.5) is 27.0 Å². The predicted molar refractivity (Wildman–Crippen MR) is 161 cm³/mol. The molecular formula is C29H40ClN7O5. The number of nitrogens with zero attached hydrogens (tertiary/aromatic N) is 6. The lowest BCUT2D eigenvalue weighted by Crippen LogP contribution is -2.67. The molecule has 1 N–H and O–H groups in total. The van der Waals surface area contributed by atoms with Crippen molar-refractivity contribution in [3.63, 3.8) is 0 Å². The third-order valence-electron chi connectivity index (χ3n) is 8.07. The number of amides is 3. The molecular weight excluding hydrogens is 562 g/mol. The van der Waals surface area contributed by atoms with E-state index in [1.165, 1.54) is 7.11 Å². The summed E-state index contributed by atoms with van der Waals surface area (Å²) in [5.41, 5.74) is 1.57. The van der Waals surface area contributed by atoms with Crippen LogP contribution in [0.2, 0.25) is 5.02 Å². The van der Waals surface area contributed by atoms with Crippen LogP contribution in [0.5, 0.6) is 11.5 Å². The molecule has 3 aliphatic heterocycles. The minimum atomic E-state index is -0.515. The first-order chi connectivity index (χ1) is 19.9. The molecule has 0 radical (unpaired) electrons. The Bertz CT molecular complexity index is 1320. The first kappa shape index (κ1) is 30.0. The summed E-state index contributed by atoms with van der Waals surface area (Å²) < 4.78 is 16.6. The lowest BCUT2D eigenvalue weighted by molar-refractivity contribution is 0.00618. The lowest BCUT2D eigenvalue weighted by atomic mass is 9.96. The van der Waals surface area contributed by atoms with Crippen molar-refractivity contribution in [2.45, 2.75) is 64.8 Å². The van der Waals surface area contributed by atoms with Crippen LogP contribution in [0.3, 0.4) is 0 Å². The zero-order chi connectivity index (χ0) is 30.3. The van der Waals surface area contributed by atoms with Crippen molar-refractivity contribution < 1.29 is 23.8 Å². The standard InChI is InChI=1S/C29H40ClN7O5/c1-17-21(40-6)12-22(41-7)23(30)24(17)36-14-18-13-32-26(31-5)33-25(18)37(27(36)38)20-15-35(16-20)19-8-10-34(11-9-19)28(39)42-29(2,3)4/h12-13,19-20H,8-11,14-16H2,1-7H3,(H,31,32,33). The van der Waals surface area contributed by atoms with Crippen molar-refractivity contribution in [2.24, 2.45) is 0 Å². The Labute approximate surface area is 251 Å². The Morgan fingerprint density at radius 3 is 2.36 bits per heavy atom. The number of halogens is 1. The third kappa shape index (κ3) is 5.61. The number of anilines is 3. The van der Waals surface area contributed by atoms with Gasteiger partial charge in [0.05, 0.1) is 32.5 Å². The van der Waals surface area contributed by atoms with E-state index in [0.717, 1.165) is 24.0 Å². The van der Waals surface area contributed by atoms with Crippen molar-refractivity contribution in [1.82, 2.24) is 19.8 Å². The number of carbonyl (C=O) groups excluding carboxylic acids is 2. The van der Waals surface area contributed by atoms with E-state index >= 15 is 0 Å². The van der Waals surface area contributed by atoms with Gasteiger partial charge in [-0.15, -0.1) is 0 Å². The minimum absolute atomic E-state index is 0.0888. The maximum atomic E-state index is 14.3. The molecule has 2 aromatic rings. The summed E-state index contributed by atoms with van der Waals surface area (Å²) in [5.74, 6) is 2.05. The van der Waals surface area contributed by atoms with Crippen LogP contribution in [0.15, 0.2) is 12.3 Å². The van der Waals surface area contributed by atoms with E-state index in [0.29, 0.717) is 66.2 Å². The Balaban J connectivity index is 1.37. The highest BCUT2D eigenvalue weighted by Crippen LogP contribution is 2.45. The highest BCUT2D eigenvalue weighted by atomic mass is 35.5. The molecule has 3 amide bonds. The van der Waals surface area contributed by atoms with Crippen LogP contribution < -0.4 is 24.6 Å². The quantitative estimate of drug-likeness (QED) is 0.510. The molecule has 0 bridgehead atoms. The number of piperidine rings is 1. The first-order valence-corrected chi connectivity index (χ1v) is 14.6. The number of carbonyl (C=O) groups is 2. The fourth-order valence-electron chi connectivity index (χ4n) is 5.86. The van der Waals surface area contributed by atoms with Crippen LogP contribution in [0, 0.1) is 6.92 Å². The van der Waals surface area contributed by atoms with Crippen LogP contribution in [-0.2, 0) is 11.3 Å². The fraction of sp³-hybridized carbons (Fsp3) is 0.586. The van der Waals surface area contributed by atoms with E-state index in [1.54, 1.807) is 41.1 Å². The van der Waals surface area contributed by atoms with Gasteiger partial charge in [0.15, 0.2) is 0 Å². The van der Waals surface area contributed by atoms with Crippen LogP contribution in [0.1, 0.15) is 44.7 Å². The summed E-state index contributed by atoms with van der Waals surface area (Å²) in [6, 6.07) is 1.75. The van der Waals surface area contributed by atoms with Crippen molar-refractivity contribution in [3.05, 3.63) is 28.4 Å². The summed E-state index contributed by atoms with van der Waals surface area (Å²) in [6.45, 7) is 10.5. The normalized spacial score (nSPS) is 18.5. The topological polar surface area (TPSA) is 113 Å². The molecule has 0 atom stereocenters. The number of benzene rings is 1. The number of methoxy groups -OCH3 is 2. The maximum absolute atomic E-state index is 14.3. The summed E-state index contributed by atoms with van der Waals surface area (Å²) in [4.78, 5) is 43.5. The molecule has 1 aromatic carbocycles. The second-order valence-electron chi connectivity index (χ2n) is 11.9. The molecule has 42 heavy (non-hydrogen) atoms. The molecule has 13 heteroatoms. The summed E-state index contributed by atoms with van der Waals surface area (Å²) in [6.07, 6.45) is 3.20. The molecule has 0 saturated carbocycles. The molecule has 4 heterocycles. The third-order valence-corrected chi connectivity index (χ3v) is 8.43. The zero-order valence-electron chi connectivity index (χ0n) is 25.4. The molecule has 3 aliphatic rings. The predicted octanol–water partition coefficient (Wildman–Crippen LogP) is 4.53. The van der Waals surface area contributed by atoms with Crippen LogP contribution in [-0.4, -0.2) is 97.0 Å². The maximum Gasteiger partial charge on any atom is 0.410 e. The minimum Gasteiger partial charge on any atom is -0.496 e. The largest absolute Gasteiger partial charge is 0.496 e. The molecule has 2 saturated heterocycles. The summed E-state index contributed by atoms with van der Waals surface area (Å²) >= 11 is 6.81. The van der Waals surface area contributed by atoms with Gasteiger partial charge in [0.1, 0.15) is 27.9 Å². The highest BCUT2D eigenvalue weighted by Gasteiger charge is 2.45. The second kappa shape index (κ2) is 11.6. The van der Waals surface area contributed by atoms with Crippen molar-refractivity contribution in [3.8, 4) is 11.5 Å². The van der Waals surface area contributed by atoms with E-state index in [1.807, 2.05) is 27.7 Å². The van der Waals surface area contributed by atoms with E-state index < -0.39 is 5.60 Å². The highest BCUT2D eigenvalue weighted by molar-refractivity contribution is 6.36. The van der Waals surface area contributed by atoms with E-state index in [4.69, 9.17) is 30.8 Å². The van der Waals surface area contributed by atoms with Crippen LogP contribution in [0.25, 0.3) is 0 Å². The summed E-state index contributed by atoms with van der Waals surface area (Å²) in [5, 5.41) is 3.33. The fourth-order valence-corrected chi connectivity index (χ4v) is 6.24. The first-order valence-electron chi connectivity index (χ1n) is 14.2. The smallest absolute Gasteiger partial charge is 0.410 e. The van der Waals surface area contributed by atoms with Crippen molar-refractivity contribution in [2.75, 3.05) is 62.6 Å². The van der Waals surface area contributed by atoms with Gasteiger partial charge < -0.3 is 24.4 Å². The van der Waals surface area contributed by atoms with Crippen molar-refractivity contribution in [1.29, 1.82) is 0 Å². The van der Waals surface area contributed by atoms with Gasteiger partial charge in [-0.25, -0.2) is 14.6 Å². The van der Waals surface area contributed by atoms with E-state index in [2.05, 4.69) is 15.2 Å². The number of rotatable bonds is 6. The second-order valence-corrected chi connectivity index (χ2v) is 12.3. The van der Waals surface area contributed by atoms with Crippen LogP contribution >= 0.6 is 11.6 Å². The van der Waals surface area contributed by atoms with Gasteiger partial charge in [-0.1, -0.05) is 11.6 Å². The van der Waals surface area contributed by atoms with Gasteiger partial charge in [-0.05, 0) is 40.5 Å². The number of aromatic nitrogens is 2. The SMILES string of the molecule is CNc1ncc2c(n1)N(C1CN(C3CCN(C(=O)OC(C)(C)C)CC3)C1)C(=O)N(c1c(C)c(OC)cc(OC)c1Cl)C2. The Kier molecular flexibility index (Phi) is 8.30. The Morgan fingerprint density at radius 1 is 1.10 bits per heavy atom. The van der Waals surface area contributed by atoms with Gasteiger partial charge in [0.2, 0.25) is 5.95 Å². The monoisotopic (exact) mass is 601 g/mol. The van der Waals surface area contributed by atoms with Gasteiger partial charge in [-0.2, -0.15) is 4.98 Å². The Hall–Kier alpha value is -3.51. The number of urea groups is 1. The molecule has 2 fully saturated rings. The van der Waals surface area contributed by atoms with Gasteiger partial charge in [-0.3, -0.25) is 14.7 Å². The molecule has 0 unspecified atom stereocenters. The van der Waals surface area contributed by atoms with E-state index in [9.17, 15) is 9.59 Å². The number of fused-ring (bicyclic) bond motifs is 1. The molecule has 12 nitrogen and oxygen atoms in total. The average molecular weight is 602 g/mol. The Morgan fingerprint density at radius 2 is 1.76 bits per heavy atom. The average Bonchev–Trinajstić information content (AvgIpc) is 2.93. The van der Waals surface area contributed by atoms with Gasteiger partial charge in [0.25, 0.3) is 0 Å². The lowest BCUT2D eigenvalue weighted by Gasteiger charge is -2.52. The number of hydrogen-bond acceptors (Lipinski definition) is 9. The summed E-state index contributed by atoms with van der Waals surface area (Å²) in [7, 11) is 4.87. The molecule has 0 spiro atoms.